The lowest BCUT2D eigenvalue weighted by Gasteiger charge is -2.35. The summed E-state index contributed by atoms with van der Waals surface area (Å²) in [5.41, 5.74) is 2.18. The Balaban J connectivity index is 1.62. The van der Waals surface area contributed by atoms with Crippen molar-refractivity contribution < 1.29 is 18.4 Å². The molecule has 8 heteroatoms. The van der Waals surface area contributed by atoms with E-state index in [0.717, 1.165) is 5.56 Å². The maximum atomic E-state index is 14.4. The third-order valence-electron chi connectivity index (χ3n) is 5.38. The summed E-state index contributed by atoms with van der Waals surface area (Å²) in [6, 6.07) is 15.2. The van der Waals surface area contributed by atoms with Crippen LogP contribution in [-0.2, 0) is 19.6 Å². The van der Waals surface area contributed by atoms with Crippen molar-refractivity contribution in [3.63, 3.8) is 0 Å². The van der Waals surface area contributed by atoms with Gasteiger partial charge in [0.05, 0.1) is 12.2 Å². The molecule has 0 atom stereocenters. The van der Waals surface area contributed by atoms with Crippen LogP contribution < -0.4 is 10.2 Å². The van der Waals surface area contributed by atoms with Crippen LogP contribution in [0.5, 0.6) is 0 Å². The Morgan fingerprint density at radius 3 is 2.56 bits per heavy atom. The number of nitrogens with zero attached hydrogens (tertiary/aromatic N) is 2. The molecule has 0 bridgehead atoms. The second-order valence-corrected chi connectivity index (χ2v) is 7.95. The number of halogens is 3. The fourth-order valence-corrected chi connectivity index (χ4v) is 3.86. The fraction of sp³-hybridized carbons (Fsp3) is 0.167. The first-order chi connectivity index (χ1) is 15.3. The van der Waals surface area contributed by atoms with Crippen molar-refractivity contribution in [1.29, 1.82) is 0 Å². The van der Waals surface area contributed by atoms with Gasteiger partial charge in [0, 0.05) is 41.9 Å². The molecule has 4 rings (SSSR count). The number of urea groups is 1. The van der Waals surface area contributed by atoms with Gasteiger partial charge in [-0.15, -0.1) is 0 Å². The number of carbonyl (C=O) groups excluding carboxylic acids is 2. The van der Waals surface area contributed by atoms with E-state index in [1.165, 1.54) is 28.0 Å². The average Bonchev–Trinajstić information content (AvgIpc) is 2.77. The molecule has 3 aromatic carbocycles. The maximum Gasteiger partial charge on any atom is 0.324 e. The van der Waals surface area contributed by atoms with E-state index in [0.29, 0.717) is 23.4 Å². The predicted molar refractivity (Wildman–Crippen MR) is 118 cm³/mol. The van der Waals surface area contributed by atoms with Crippen molar-refractivity contribution in [2.75, 3.05) is 11.9 Å². The van der Waals surface area contributed by atoms with Crippen LogP contribution in [0.4, 0.5) is 19.3 Å². The highest BCUT2D eigenvalue weighted by Gasteiger charge is 2.30. The lowest BCUT2D eigenvalue weighted by Crippen LogP contribution is -2.45. The number of nitrogens with one attached hydrogen (secondary N) is 1. The molecule has 0 fully saturated rings. The standard InChI is InChI=1S/C24H20ClF2N3O2/c1-29-13-17-10-9-15(23(31)28-12-16-5-2-3-7-20(16)26)11-22(17)30(24(29)32)14-18-19(25)6-4-8-21(18)27/h2-11H,12-14H2,1H3,(H,28,31). The summed E-state index contributed by atoms with van der Waals surface area (Å²) >= 11 is 6.17. The van der Waals surface area contributed by atoms with Crippen molar-refractivity contribution in [3.8, 4) is 0 Å². The maximum absolute atomic E-state index is 14.4. The van der Waals surface area contributed by atoms with E-state index in [2.05, 4.69) is 5.32 Å². The fourth-order valence-electron chi connectivity index (χ4n) is 3.64. The van der Waals surface area contributed by atoms with E-state index in [9.17, 15) is 18.4 Å². The monoisotopic (exact) mass is 455 g/mol. The Labute approximate surface area is 189 Å². The van der Waals surface area contributed by atoms with E-state index in [1.807, 2.05) is 0 Å². The molecule has 1 aliphatic heterocycles. The number of amides is 3. The van der Waals surface area contributed by atoms with Gasteiger partial charge >= 0.3 is 6.03 Å². The predicted octanol–water partition coefficient (Wildman–Crippen LogP) is 5.12. The summed E-state index contributed by atoms with van der Waals surface area (Å²) in [4.78, 5) is 28.5. The smallest absolute Gasteiger partial charge is 0.324 e. The van der Waals surface area contributed by atoms with Crippen LogP contribution in [0.15, 0.2) is 60.7 Å². The van der Waals surface area contributed by atoms with Crippen molar-refractivity contribution in [1.82, 2.24) is 10.2 Å². The number of benzene rings is 3. The van der Waals surface area contributed by atoms with Gasteiger partial charge in [-0.05, 0) is 35.9 Å². The molecule has 0 aromatic heterocycles. The minimum atomic E-state index is -0.515. The molecular formula is C24H20ClF2N3O2. The van der Waals surface area contributed by atoms with E-state index in [4.69, 9.17) is 11.6 Å². The van der Waals surface area contributed by atoms with E-state index >= 15 is 0 Å². The van der Waals surface area contributed by atoms with Gasteiger partial charge < -0.3 is 10.2 Å². The minimum absolute atomic E-state index is 0.0266. The van der Waals surface area contributed by atoms with Crippen LogP contribution in [0.1, 0.15) is 27.0 Å². The molecule has 0 saturated carbocycles. The van der Waals surface area contributed by atoms with Gasteiger partial charge in [-0.3, -0.25) is 9.69 Å². The van der Waals surface area contributed by atoms with Crippen LogP contribution in [0.25, 0.3) is 0 Å². The molecule has 32 heavy (non-hydrogen) atoms. The molecule has 1 N–H and O–H groups in total. The molecule has 0 saturated heterocycles. The lowest BCUT2D eigenvalue weighted by atomic mass is 10.0. The molecule has 0 spiro atoms. The third-order valence-corrected chi connectivity index (χ3v) is 5.73. The van der Waals surface area contributed by atoms with Crippen LogP contribution in [0, 0.1) is 11.6 Å². The van der Waals surface area contributed by atoms with Crippen molar-refractivity contribution in [2.45, 2.75) is 19.6 Å². The van der Waals surface area contributed by atoms with Gasteiger partial charge in [-0.2, -0.15) is 0 Å². The Hall–Kier alpha value is -3.45. The number of hydrogen-bond acceptors (Lipinski definition) is 2. The summed E-state index contributed by atoms with van der Waals surface area (Å²) in [6.45, 7) is 0.299. The third kappa shape index (κ3) is 4.29. The SMILES string of the molecule is CN1Cc2ccc(C(=O)NCc3ccccc3F)cc2N(Cc2c(F)cccc2Cl)C1=O. The van der Waals surface area contributed by atoms with Crippen molar-refractivity contribution >= 4 is 29.2 Å². The molecule has 0 aliphatic carbocycles. The second kappa shape index (κ2) is 8.96. The van der Waals surface area contributed by atoms with Crippen molar-refractivity contribution in [2.24, 2.45) is 0 Å². The molecule has 1 heterocycles. The summed E-state index contributed by atoms with van der Waals surface area (Å²) in [6.07, 6.45) is 0. The zero-order chi connectivity index (χ0) is 22.8. The van der Waals surface area contributed by atoms with Gasteiger partial charge in [0.25, 0.3) is 5.91 Å². The number of carbonyl (C=O) groups is 2. The second-order valence-electron chi connectivity index (χ2n) is 7.54. The van der Waals surface area contributed by atoms with Gasteiger partial charge in [0.2, 0.25) is 0 Å². The topological polar surface area (TPSA) is 52.7 Å². The Kier molecular flexibility index (Phi) is 6.10. The Morgan fingerprint density at radius 1 is 1.06 bits per heavy atom. The normalized spacial score (nSPS) is 13.2. The summed E-state index contributed by atoms with van der Waals surface area (Å²) in [5.74, 6) is -1.33. The summed E-state index contributed by atoms with van der Waals surface area (Å²) in [5, 5.41) is 2.91. The van der Waals surface area contributed by atoms with Crippen LogP contribution >= 0.6 is 11.6 Å². The number of anilines is 1. The zero-order valence-electron chi connectivity index (χ0n) is 17.2. The van der Waals surface area contributed by atoms with Gasteiger partial charge in [-0.1, -0.05) is 41.9 Å². The highest BCUT2D eigenvalue weighted by molar-refractivity contribution is 6.31. The molecule has 3 aromatic rings. The van der Waals surface area contributed by atoms with Crippen LogP contribution in [0.2, 0.25) is 5.02 Å². The van der Waals surface area contributed by atoms with Gasteiger partial charge in [-0.25, -0.2) is 13.6 Å². The number of hydrogen-bond donors (Lipinski definition) is 1. The average molecular weight is 456 g/mol. The molecule has 3 amide bonds. The largest absolute Gasteiger partial charge is 0.348 e. The number of fused-ring (bicyclic) bond motifs is 1. The van der Waals surface area contributed by atoms with E-state index in [-0.39, 0.29) is 29.7 Å². The zero-order valence-corrected chi connectivity index (χ0v) is 18.0. The summed E-state index contributed by atoms with van der Waals surface area (Å²) in [7, 11) is 1.65. The van der Waals surface area contributed by atoms with Crippen LogP contribution in [0.3, 0.4) is 0 Å². The highest BCUT2D eigenvalue weighted by Crippen LogP contribution is 2.32. The summed E-state index contributed by atoms with van der Waals surface area (Å²) < 4.78 is 28.2. The van der Waals surface area contributed by atoms with Gasteiger partial charge in [0.1, 0.15) is 11.6 Å². The first-order valence-corrected chi connectivity index (χ1v) is 10.3. The highest BCUT2D eigenvalue weighted by atomic mass is 35.5. The minimum Gasteiger partial charge on any atom is -0.348 e. The molecule has 0 radical (unpaired) electrons. The molecule has 164 valence electrons. The van der Waals surface area contributed by atoms with E-state index in [1.54, 1.807) is 49.5 Å². The number of rotatable bonds is 5. The quantitative estimate of drug-likeness (QED) is 0.580. The van der Waals surface area contributed by atoms with Gasteiger partial charge in [0.15, 0.2) is 0 Å². The first-order valence-electron chi connectivity index (χ1n) is 9.95. The van der Waals surface area contributed by atoms with E-state index < -0.39 is 17.5 Å². The molecule has 5 nitrogen and oxygen atoms in total. The van der Waals surface area contributed by atoms with Crippen molar-refractivity contribution in [3.05, 3.63) is 99.6 Å². The van der Waals surface area contributed by atoms with Crippen LogP contribution in [-0.4, -0.2) is 23.9 Å². The Bertz CT molecular complexity index is 1180. The molecular weight excluding hydrogens is 436 g/mol. The first kappa shape index (κ1) is 21.8. The molecule has 1 aliphatic rings. The lowest BCUT2D eigenvalue weighted by molar-refractivity contribution is 0.0950. The Morgan fingerprint density at radius 2 is 1.81 bits per heavy atom. The molecule has 0 unspecified atom stereocenters.